The smallest absolute Gasteiger partial charge is 0.310 e. The Morgan fingerprint density at radius 2 is 1.53 bits per heavy atom. The molecule has 2 nitrogen and oxygen atoms in total. The summed E-state index contributed by atoms with van der Waals surface area (Å²) in [4.78, 5) is 12.8. The van der Waals surface area contributed by atoms with Crippen molar-refractivity contribution in [2.24, 2.45) is 56.7 Å². The first kappa shape index (κ1) is 26.5. The van der Waals surface area contributed by atoms with Gasteiger partial charge in [0.2, 0.25) is 0 Å². The van der Waals surface area contributed by atoms with Crippen LogP contribution in [0.25, 0.3) is 0 Å². The highest BCUT2D eigenvalue weighted by Crippen LogP contribution is 2.79. The van der Waals surface area contributed by atoms with Crippen molar-refractivity contribution in [2.45, 2.75) is 112 Å². The number of alkyl halides is 4. The monoisotopic (exact) mass is 512 g/mol. The molecule has 0 aromatic rings. The van der Waals surface area contributed by atoms with Crippen LogP contribution in [0.5, 0.6) is 0 Å². The van der Waals surface area contributed by atoms with Crippen molar-refractivity contribution in [1.82, 2.24) is 0 Å². The highest BCUT2D eigenvalue weighted by Gasteiger charge is 2.78. The lowest BCUT2D eigenvalue weighted by atomic mass is 9.32. The van der Waals surface area contributed by atoms with Crippen molar-refractivity contribution in [3.05, 3.63) is 11.6 Å². The molecule has 0 heterocycles. The Morgan fingerprint density at radius 3 is 2.14 bits per heavy atom. The number of allylic oxidation sites excluding steroid dienone is 2. The third-order valence-corrected chi connectivity index (χ3v) is 13.6. The number of aliphatic carboxylic acids is 1. The van der Waals surface area contributed by atoms with Gasteiger partial charge in [0.1, 0.15) is 0 Å². The van der Waals surface area contributed by atoms with Crippen LogP contribution in [-0.4, -0.2) is 22.9 Å². The number of fused-ring (bicyclic) bond motifs is 7. The van der Waals surface area contributed by atoms with Gasteiger partial charge in [-0.2, -0.15) is 0 Å². The number of hydrogen-bond donors (Lipinski definition) is 1. The minimum absolute atomic E-state index is 0.0914. The molecule has 6 heteroatoms. The number of halogens is 4. The summed E-state index contributed by atoms with van der Waals surface area (Å²) >= 11 is 0. The Morgan fingerprint density at radius 1 is 0.889 bits per heavy atom. The van der Waals surface area contributed by atoms with Crippen molar-refractivity contribution >= 4 is 5.97 Å². The minimum atomic E-state index is -3.13. The van der Waals surface area contributed by atoms with Gasteiger partial charge < -0.3 is 5.11 Å². The van der Waals surface area contributed by atoms with Gasteiger partial charge in [0.25, 0.3) is 11.8 Å². The Hall–Kier alpha value is -1.07. The predicted octanol–water partition coefficient (Wildman–Crippen LogP) is 8.61. The zero-order chi connectivity index (χ0) is 26.9. The molecule has 36 heavy (non-hydrogen) atoms. The number of carboxylic acid groups (broad SMARTS) is 1. The molecule has 0 spiro atoms. The second-order valence-electron chi connectivity index (χ2n) is 14.7. The molecule has 0 saturated heterocycles. The Labute approximate surface area is 213 Å². The van der Waals surface area contributed by atoms with Gasteiger partial charge in [0.15, 0.2) is 0 Å². The van der Waals surface area contributed by atoms with Crippen LogP contribution < -0.4 is 0 Å². The molecule has 4 saturated carbocycles. The van der Waals surface area contributed by atoms with Crippen LogP contribution in [0.3, 0.4) is 0 Å². The van der Waals surface area contributed by atoms with E-state index in [1.807, 2.05) is 13.8 Å². The maximum absolute atomic E-state index is 16.7. The summed E-state index contributed by atoms with van der Waals surface area (Å²) < 4.78 is 63.7. The summed E-state index contributed by atoms with van der Waals surface area (Å²) in [5.41, 5.74) is -4.38. The number of carboxylic acids is 1. The van der Waals surface area contributed by atoms with Crippen LogP contribution >= 0.6 is 0 Å². The molecule has 9 unspecified atom stereocenters. The van der Waals surface area contributed by atoms with Gasteiger partial charge in [-0.25, -0.2) is 17.6 Å². The second kappa shape index (κ2) is 7.31. The lowest BCUT2D eigenvalue weighted by molar-refractivity contribution is -0.320. The fraction of sp³-hybridized carbons (Fsp3) is 0.900. The summed E-state index contributed by atoms with van der Waals surface area (Å²) in [6, 6.07) is 0. The van der Waals surface area contributed by atoms with Crippen LogP contribution in [0.4, 0.5) is 17.6 Å². The number of carbonyl (C=O) groups is 1. The second-order valence-corrected chi connectivity index (χ2v) is 14.7. The third kappa shape index (κ3) is 2.78. The van der Waals surface area contributed by atoms with Gasteiger partial charge in [0.05, 0.1) is 5.41 Å². The van der Waals surface area contributed by atoms with Gasteiger partial charge in [-0.1, -0.05) is 60.1 Å². The first-order valence-corrected chi connectivity index (χ1v) is 14.0. The molecular formula is C30H44F4O2. The highest BCUT2D eigenvalue weighted by molar-refractivity contribution is 5.76. The average Bonchev–Trinajstić information content (AvgIpc) is 2.77. The van der Waals surface area contributed by atoms with Gasteiger partial charge in [-0.05, 0) is 73.5 Å². The third-order valence-electron chi connectivity index (χ3n) is 13.6. The van der Waals surface area contributed by atoms with Crippen molar-refractivity contribution in [2.75, 3.05) is 0 Å². The molecule has 0 aromatic carbocycles. The van der Waals surface area contributed by atoms with Crippen LogP contribution in [0, 0.1) is 56.7 Å². The van der Waals surface area contributed by atoms with Crippen molar-refractivity contribution in [1.29, 1.82) is 0 Å². The topological polar surface area (TPSA) is 37.3 Å². The van der Waals surface area contributed by atoms with Gasteiger partial charge in [0, 0.05) is 29.1 Å². The normalized spacial score (nSPS) is 52.6. The predicted molar refractivity (Wildman–Crippen MR) is 132 cm³/mol. The zero-order valence-electron chi connectivity index (χ0n) is 23.0. The maximum atomic E-state index is 16.7. The van der Waals surface area contributed by atoms with E-state index in [9.17, 15) is 9.90 Å². The van der Waals surface area contributed by atoms with E-state index in [0.717, 1.165) is 12.0 Å². The summed E-state index contributed by atoms with van der Waals surface area (Å²) in [5.74, 6) is -7.95. The van der Waals surface area contributed by atoms with Gasteiger partial charge in [-0.3, -0.25) is 4.79 Å². The molecule has 204 valence electrons. The average molecular weight is 513 g/mol. The number of rotatable bonds is 1. The minimum Gasteiger partial charge on any atom is -0.481 e. The molecule has 0 aliphatic heterocycles. The molecule has 0 aromatic heterocycles. The standard InChI is InChI=1S/C30H44F4O2/c1-17-10-11-28(23(35)36)14-13-26(6)19(22(28)18(17)2)8-9-20-25(5)12-15-29(31,32)24(3,4)21(25)16-30(33,34)27(20,26)7/h8,17-18,20-22H,9-16H2,1-7H3,(H,35,36). The van der Waals surface area contributed by atoms with E-state index in [2.05, 4.69) is 19.9 Å². The molecule has 9 atom stereocenters. The first-order chi connectivity index (χ1) is 16.3. The molecule has 5 rings (SSSR count). The van der Waals surface area contributed by atoms with Crippen molar-refractivity contribution < 1.29 is 27.5 Å². The fourth-order valence-electron chi connectivity index (χ4n) is 10.6. The SMILES string of the molecule is CC1CCC2(C(=O)O)CCC3(C)C(=CCC4C5(C)CCC(F)(F)C(C)(C)C5CC(F)(F)C43C)C2C1C. The van der Waals surface area contributed by atoms with E-state index < -0.39 is 63.1 Å². The molecule has 0 radical (unpaired) electrons. The Bertz CT molecular complexity index is 1000. The van der Waals surface area contributed by atoms with E-state index in [1.165, 1.54) is 13.8 Å². The Kier molecular flexibility index (Phi) is 5.39. The molecule has 5 aliphatic carbocycles. The maximum Gasteiger partial charge on any atom is 0.310 e. The van der Waals surface area contributed by atoms with E-state index in [-0.39, 0.29) is 24.7 Å². The summed E-state index contributed by atoms with van der Waals surface area (Å²) in [7, 11) is 0. The van der Waals surface area contributed by atoms with Crippen LogP contribution in [-0.2, 0) is 4.79 Å². The van der Waals surface area contributed by atoms with E-state index in [1.54, 1.807) is 6.92 Å². The molecule has 4 fully saturated rings. The molecular weight excluding hydrogens is 468 g/mol. The molecule has 0 amide bonds. The quantitative estimate of drug-likeness (QED) is 0.282. The lowest BCUT2D eigenvalue weighted by Gasteiger charge is -2.72. The van der Waals surface area contributed by atoms with Gasteiger partial charge >= 0.3 is 5.97 Å². The largest absolute Gasteiger partial charge is 0.481 e. The fourth-order valence-corrected chi connectivity index (χ4v) is 10.6. The highest BCUT2D eigenvalue weighted by atomic mass is 19.3. The van der Waals surface area contributed by atoms with Crippen LogP contribution in [0.1, 0.15) is 99.8 Å². The Balaban J connectivity index is 1.69. The van der Waals surface area contributed by atoms with Crippen molar-refractivity contribution in [3.8, 4) is 0 Å². The van der Waals surface area contributed by atoms with Crippen LogP contribution in [0.15, 0.2) is 11.6 Å². The summed E-state index contributed by atoms with van der Waals surface area (Å²) in [5, 5.41) is 10.5. The summed E-state index contributed by atoms with van der Waals surface area (Å²) in [6.07, 6.45) is 4.23. The number of hydrogen-bond acceptors (Lipinski definition) is 1. The molecule has 5 aliphatic rings. The summed E-state index contributed by atoms with van der Waals surface area (Å²) in [6.45, 7) is 12.9. The zero-order valence-corrected chi connectivity index (χ0v) is 23.0. The van der Waals surface area contributed by atoms with E-state index in [0.29, 0.717) is 31.6 Å². The lowest BCUT2D eigenvalue weighted by Crippen LogP contribution is -2.72. The first-order valence-electron chi connectivity index (χ1n) is 14.0. The molecule has 0 bridgehead atoms. The van der Waals surface area contributed by atoms with E-state index in [4.69, 9.17) is 0 Å². The van der Waals surface area contributed by atoms with E-state index >= 15 is 17.6 Å². The van der Waals surface area contributed by atoms with Gasteiger partial charge in [-0.15, -0.1) is 0 Å². The molecule has 1 N–H and O–H groups in total. The van der Waals surface area contributed by atoms with Crippen LogP contribution in [0.2, 0.25) is 0 Å². The van der Waals surface area contributed by atoms with Crippen molar-refractivity contribution in [3.63, 3.8) is 0 Å².